The van der Waals surface area contributed by atoms with Crippen molar-refractivity contribution in [2.45, 2.75) is 12.8 Å². The van der Waals surface area contributed by atoms with Crippen LogP contribution in [0.4, 0.5) is 19.0 Å². The second kappa shape index (κ2) is 6.00. The average molecular weight is 335 g/mol. The molecular formula is C15H12F3N5O. The van der Waals surface area contributed by atoms with E-state index in [1.807, 2.05) is 0 Å². The fraction of sp³-hybridized carbons (Fsp3) is 0.200. The Bertz CT molecular complexity index is 898. The molecule has 0 aliphatic rings. The summed E-state index contributed by atoms with van der Waals surface area (Å²) in [5, 5.41) is 0.447. The maximum Gasteiger partial charge on any atom is 0.418 e. The van der Waals surface area contributed by atoms with Gasteiger partial charge in [0.25, 0.3) is 0 Å². The summed E-state index contributed by atoms with van der Waals surface area (Å²) in [6.45, 7) is 0.115. The molecule has 0 saturated carbocycles. The molecule has 0 saturated heterocycles. The molecule has 124 valence electrons. The Labute approximate surface area is 134 Å². The van der Waals surface area contributed by atoms with Crippen LogP contribution in [0.3, 0.4) is 0 Å². The van der Waals surface area contributed by atoms with E-state index >= 15 is 0 Å². The third kappa shape index (κ3) is 2.98. The number of nitrogen functional groups attached to an aromatic ring is 1. The van der Waals surface area contributed by atoms with Gasteiger partial charge in [-0.05, 0) is 24.3 Å². The lowest BCUT2D eigenvalue weighted by atomic mass is 10.1. The van der Waals surface area contributed by atoms with E-state index in [-0.39, 0.29) is 29.5 Å². The lowest BCUT2D eigenvalue weighted by Gasteiger charge is -2.11. The number of fused-ring (bicyclic) bond motifs is 1. The van der Waals surface area contributed by atoms with Gasteiger partial charge in [-0.3, -0.25) is 4.98 Å². The zero-order chi connectivity index (χ0) is 17.3. The number of hydrogen-bond donors (Lipinski definition) is 1. The molecule has 0 amide bonds. The predicted octanol–water partition coefficient (Wildman–Crippen LogP) is 2.83. The molecule has 3 heterocycles. The highest BCUT2D eigenvalue weighted by Gasteiger charge is 2.34. The highest BCUT2D eigenvalue weighted by atomic mass is 19.4. The number of hydrogen-bond acceptors (Lipinski definition) is 6. The van der Waals surface area contributed by atoms with Gasteiger partial charge in [0, 0.05) is 13.3 Å². The quantitative estimate of drug-likeness (QED) is 0.792. The number of pyridine rings is 2. The van der Waals surface area contributed by atoms with Crippen LogP contribution >= 0.6 is 0 Å². The van der Waals surface area contributed by atoms with Gasteiger partial charge in [0.1, 0.15) is 18.1 Å². The van der Waals surface area contributed by atoms with E-state index in [9.17, 15) is 13.2 Å². The number of halogens is 3. The summed E-state index contributed by atoms with van der Waals surface area (Å²) in [5.41, 5.74) is 4.94. The van der Waals surface area contributed by atoms with Crippen LogP contribution in [-0.4, -0.2) is 27.0 Å². The second-order valence-corrected chi connectivity index (χ2v) is 4.92. The molecular weight excluding hydrogens is 323 g/mol. The normalized spacial score (nSPS) is 11.8. The summed E-state index contributed by atoms with van der Waals surface area (Å²) in [4.78, 5) is 16.2. The van der Waals surface area contributed by atoms with Crippen LogP contribution < -0.4 is 5.73 Å². The standard InChI is InChI=1S/C15H12F3N5O/c1-24-7-11-22-13(19)8-4-5-10(21-14(8)23-11)12-9(15(16,17)18)3-2-6-20-12/h2-6H,7H2,1H3,(H2,19,21,22,23). The van der Waals surface area contributed by atoms with E-state index in [2.05, 4.69) is 19.9 Å². The van der Waals surface area contributed by atoms with E-state index in [1.165, 1.54) is 31.5 Å². The van der Waals surface area contributed by atoms with Crippen molar-refractivity contribution in [1.82, 2.24) is 19.9 Å². The Kier molecular flexibility index (Phi) is 4.02. The number of rotatable bonds is 3. The highest BCUT2D eigenvalue weighted by Crippen LogP contribution is 2.35. The van der Waals surface area contributed by atoms with Crippen LogP contribution in [0.2, 0.25) is 0 Å². The number of aromatic nitrogens is 4. The summed E-state index contributed by atoms with van der Waals surface area (Å²) >= 11 is 0. The van der Waals surface area contributed by atoms with E-state index in [4.69, 9.17) is 10.5 Å². The van der Waals surface area contributed by atoms with Gasteiger partial charge in [-0.2, -0.15) is 13.2 Å². The third-order valence-corrected chi connectivity index (χ3v) is 3.26. The van der Waals surface area contributed by atoms with E-state index in [0.29, 0.717) is 11.2 Å². The monoisotopic (exact) mass is 335 g/mol. The summed E-state index contributed by atoms with van der Waals surface area (Å²) in [7, 11) is 1.47. The lowest BCUT2D eigenvalue weighted by molar-refractivity contribution is -0.137. The molecule has 3 rings (SSSR count). The van der Waals surface area contributed by atoms with Crippen molar-refractivity contribution in [2.75, 3.05) is 12.8 Å². The van der Waals surface area contributed by atoms with Gasteiger partial charge in [-0.25, -0.2) is 15.0 Å². The number of methoxy groups -OCH3 is 1. The lowest BCUT2D eigenvalue weighted by Crippen LogP contribution is -2.09. The largest absolute Gasteiger partial charge is 0.418 e. The number of ether oxygens (including phenoxy) is 1. The molecule has 0 aromatic carbocycles. The summed E-state index contributed by atoms with van der Waals surface area (Å²) in [5.74, 6) is 0.479. The molecule has 0 fully saturated rings. The fourth-order valence-corrected chi connectivity index (χ4v) is 2.24. The molecule has 24 heavy (non-hydrogen) atoms. The van der Waals surface area contributed by atoms with Gasteiger partial charge in [0.05, 0.1) is 16.6 Å². The van der Waals surface area contributed by atoms with Gasteiger partial charge in [0.2, 0.25) is 0 Å². The first-order chi connectivity index (χ1) is 11.4. The predicted molar refractivity (Wildman–Crippen MR) is 80.7 cm³/mol. The maximum absolute atomic E-state index is 13.1. The third-order valence-electron chi connectivity index (χ3n) is 3.26. The van der Waals surface area contributed by atoms with Crippen molar-refractivity contribution in [3.8, 4) is 11.4 Å². The SMILES string of the molecule is COCc1nc(N)c2ccc(-c3ncccc3C(F)(F)F)nc2n1. The average Bonchev–Trinajstić information content (AvgIpc) is 2.54. The van der Waals surface area contributed by atoms with Gasteiger partial charge in [0.15, 0.2) is 11.5 Å². The van der Waals surface area contributed by atoms with Crippen molar-refractivity contribution < 1.29 is 17.9 Å². The maximum atomic E-state index is 13.1. The molecule has 0 unspecified atom stereocenters. The molecule has 0 aliphatic carbocycles. The zero-order valence-electron chi connectivity index (χ0n) is 12.5. The van der Waals surface area contributed by atoms with Gasteiger partial charge >= 0.3 is 6.18 Å². The van der Waals surface area contributed by atoms with Crippen LogP contribution in [0.1, 0.15) is 11.4 Å². The van der Waals surface area contributed by atoms with Crippen LogP contribution in [0.15, 0.2) is 30.5 Å². The Morgan fingerprint density at radius 2 is 1.92 bits per heavy atom. The molecule has 0 spiro atoms. The van der Waals surface area contributed by atoms with Crippen molar-refractivity contribution in [3.63, 3.8) is 0 Å². The molecule has 3 aromatic heterocycles. The van der Waals surface area contributed by atoms with Crippen LogP contribution in [0.25, 0.3) is 22.4 Å². The Morgan fingerprint density at radius 3 is 2.62 bits per heavy atom. The van der Waals surface area contributed by atoms with Crippen molar-refractivity contribution in [2.24, 2.45) is 0 Å². The van der Waals surface area contributed by atoms with Crippen molar-refractivity contribution >= 4 is 16.9 Å². The van der Waals surface area contributed by atoms with Crippen LogP contribution in [0, 0.1) is 0 Å². The smallest absolute Gasteiger partial charge is 0.383 e. The minimum Gasteiger partial charge on any atom is -0.383 e. The molecule has 0 radical (unpaired) electrons. The number of nitrogens with two attached hydrogens (primary N) is 1. The van der Waals surface area contributed by atoms with Crippen LogP contribution in [-0.2, 0) is 17.5 Å². The number of anilines is 1. The Balaban J connectivity index is 2.18. The number of alkyl halides is 3. The first-order valence-corrected chi connectivity index (χ1v) is 6.85. The summed E-state index contributed by atoms with van der Waals surface area (Å²) < 4.78 is 44.4. The Hall–Kier alpha value is -2.81. The molecule has 9 heteroatoms. The Morgan fingerprint density at radius 1 is 1.12 bits per heavy atom. The van der Waals surface area contributed by atoms with Gasteiger partial charge < -0.3 is 10.5 Å². The summed E-state index contributed by atoms with van der Waals surface area (Å²) in [6, 6.07) is 5.12. The van der Waals surface area contributed by atoms with Crippen LogP contribution in [0.5, 0.6) is 0 Å². The molecule has 0 aliphatic heterocycles. The molecule has 6 nitrogen and oxygen atoms in total. The fourth-order valence-electron chi connectivity index (χ4n) is 2.24. The zero-order valence-corrected chi connectivity index (χ0v) is 12.5. The second-order valence-electron chi connectivity index (χ2n) is 4.92. The number of nitrogens with zero attached hydrogens (tertiary/aromatic N) is 4. The first kappa shape index (κ1) is 16.1. The van der Waals surface area contributed by atoms with Crippen molar-refractivity contribution in [1.29, 1.82) is 0 Å². The summed E-state index contributed by atoms with van der Waals surface area (Å²) in [6.07, 6.45) is -3.26. The van der Waals surface area contributed by atoms with E-state index in [0.717, 1.165) is 6.07 Å². The highest BCUT2D eigenvalue weighted by molar-refractivity contribution is 5.87. The minimum absolute atomic E-state index is 0.0527. The van der Waals surface area contributed by atoms with Gasteiger partial charge in [-0.15, -0.1) is 0 Å². The molecule has 0 atom stereocenters. The minimum atomic E-state index is -4.54. The van der Waals surface area contributed by atoms with Crippen molar-refractivity contribution in [3.05, 3.63) is 41.9 Å². The molecule has 2 N–H and O–H groups in total. The van der Waals surface area contributed by atoms with Gasteiger partial charge in [-0.1, -0.05) is 0 Å². The first-order valence-electron chi connectivity index (χ1n) is 6.85. The van der Waals surface area contributed by atoms with E-state index < -0.39 is 11.7 Å². The molecule has 0 bridgehead atoms. The van der Waals surface area contributed by atoms with E-state index in [1.54, 1.807) is 0 Å². The molecule has 3 aromatic rings. The topological polar surface area (TPSA) is 86.8 Å².